The Morgan fingerprint density at radius 3 is 2.52 bits per heavy atom. The third-order valence-electron chi connectivity index (χ3n) is 3.72. The molecule has 0 aliphatic rings. The van der Waals surface area contributed by atoms with Gasteiger partial charge in [-0.05, 0) is 44.2 Å². The summed E-state index contributed by atoms with van der Waals surface area (Å²) in [5.41, 5.74) is 3.69. The number of carbonyl (C=O) groups excluding carboxylic acids is 1. The minimum atomic E-state index is -0.601. The fourth-order valence-electron chi connectivity index (χ4n) is 2.34. The van der Waals surface area contributed by atoms with Crippen LogP contribution in [0.25, 0.3) is 0 Å². The Bertz CT molecular complexity index is 789. The molecule has 132 valence electrons. The Morgan fingerprint density at radius 2 is 1.88 bits per heavy atom. The molecule has 0 spiro atoms. The van der Waals surface area contributed by atoms with E-state index < -0.39 is 5.91 Å². The SMILES string of the molecule is CCN(CC)c1ccc(/C=N\NC(=O)c2cc(Cl)ccc2O)c(O)c1. The van der Waals surface area contributed by atoms with Crippen molar-refractivity contribution in [1.82, 2.24) is 5.43 Å². The summed E-state index contributed by atoms with van der Waals surface area (Å²) in [6.07, 6.45) is 1.33. The highest BCUT2D eigenvalue weighted by Crippen LogP contribution is 2.24. The number of phenolic OH excluding ortho intramolecular Hbond substituents is 2. The lowest BCUT2D eigenvalue weighted by Crippen LogP contribution is -2.21. The monoisotopic (exact) mass is 361 g/mol. The van der Waals surface area contributed by atoms with Crippen LogP contribution in [0.1, 0.15) is 29.8 Å². The normalized spacial score (nSPS) is 10.8. The first kappa shape index (κ1) is 18.6. The molecule has 2 aromatic rings. The number of amides is 1. The standard InChI is InChI=1S/C18H20ClN3O3/c1-3-22(4-2)14-7-5-12(17(24)10-14)11-20-21-18(25)15-9-13(19)6-8-16(15)23/h5-11,23-24H,3-4H2,1-2H3,(H,21,25)/b20-11-. The summed E-state index contributed by atoms with van der Waals surface area (Å²) in [6.45, 7) is 5.75. The van der Waals surface area contributed by atoms with E-state index in [2.05, 4.69) is 15.4 Å². The molecule has 0 atom stereocenters. The number of carbonyl (C=O) groups is 1. The minimum Gasteiger partial charge on any atom is -0.507 e. The molecule has 0 fully saturated rings. The molecule has 3 N–H and O–H groups in total. The molecule has 0 aliphatic carbocycles. The van der Waals surface area contributed by atoms with E-state index >= 15 is 0 Å². The number of rotatable bonds is 6. The second-order valence-electron chi connectivity index (χ2n) is 5.28. The molecule has 0 saturated carbocycles. The number of phenols is 2. The van der Waals surface area contributed by atoms with Crippen LogP contribution in [0.2, 0.25) is 5.02 Å². The molecule has 0 saturated heterocycles. The zero-order chi connectivity index (χ0) is 18.4. The van der Waals surface area contributed by atoms with Gasteiger partial charge in [0.2, 0.25) is 0 Å². The Kier molecular flexibility index (Phi) is 6.25. The van der Waals surface area contributed by atoms with Gasteiger partial charge in [-0.3, -0.25) is 4.79 Å². The first-order chi connectivity index (χ1) is 12.0. The van der Waals surface area contributed by atoms with Crippen LogP contribution in [0.3, 0.4) is 0 Å². The van der Waals surface area contributed by atoms with Crippen LogP contribution in [-0.4, -0.2) is 35.4 Å². The lowest BCUT2D eigenvalue weighted by molar-refractivity contribution is 0.0952. The first-order valence-electron chi connectivity index (χ1n) is 7.86. The third kappa shape index (κ3) is 4.64. The maximum Gasteiger partial charge on any atom is 0.275 e. The summed E-state index contributed by atoms with van der Waals surface area (Å²) < 4.78 is 0. The van der Waals surface area contributed by atoms with Crippen molar-refractivity contribution in [3.8, 4) is 11.5 Å². The van der Waals surface area contributed by atoms with Crippen molar-refractivity contribution in [2.45, 2.75) is 13.8 Å². The molecule has 1 amide bonds. The predicted octanol–water partition coefficient (Wildman–Crippen LogP) is 3.36. The minimum absolute atomic E-state index is 0.0192. The molecule has 7 heteroatoms. The highest BCUT2D eigenvalue weighted by molar-refractivity contribution is 6.31. The van der Waals surface area contributed by atoms with Gasteiger partial charge in [0.15, 0.2) is 0 Å². The molecule has 0 radical (unpaired) electrons. The molecule has 25 heavy (non-hydrogen) atoms. The van der Waals surface area contributed by atoms with E-state index in [0.717, 1.165) is 18.8 Å². The molecule has 0 unspecified atom stereocenters. The van der Waals surface area contributed by atoms with Crippen LogP contribution >= 0.6 is 11.6 Å². The van der Waals surface area contributed by atoms with Crippen LogP contribution < -0.4 is 10.3 Å². The number of aromatic hydroxyl groups is 2. The van der Waals surface area contributed by atoms with Gasteiger partial charge in [0.1, 0.15) is 11.5 Å². The number of hydrazone groups is 1. The Morgan fingerprint density at radius 1 is 1.16 bits per heavy atom. The van der Waals surface area contributed by atoms with E-state index in [-0.39, 0.29) is 17.1 Å². The quantitative estimate of drug-likeness (QED) is 0.544. The Labute approximate surface area is 151 Å². The maximum absolute atomic E-state index is 12.0. The van der Waals surface area contributed by atoms with Crippen LogP contribution in [0.5, 0.6) is 11.5 Å². The van der Waals surface area contributed by atoms with E-state index in [4.69, 9.17) is 11.6 Å². The second kappa shape index (κ2) is 8.39. The predicted molar refractivity (Wildman–Crippen MR) is 99.8 cm³/mol. The number of nitrogens with one attached hydrogen (secondary N) is 1. The molecule has 0 aliphatic heterocycles. The summed E-state index contributed by atoms with van der Waals surface area (Å²) in [4.78, 5) is 14.1. The van der Waals surface area contributed by atoms with E-state index in [1.165, 1.54) is 24.4 Å². The number of anilines is 1. The third-order valence-corrected chi connectivity index (χ3v) is 3.95. The van der Waals surface area contributed by atoms with Crippen molar-refractivity contribution in [2.75, 3.05) is 18.0 Å². The molecule has 6 nitrogen and oxygen atoms in total. The maximum atomic E-state index is 12.0. The van der Waals surface area contributed by atoms with Gasteiger partial charge in [0.25, 0.3) is 5.91 Å². The number of hydrogen-bond donors (Lipinski definition) is 3. The second-order valence-corrected chi connectivity index (χ2v) is 5.71. The van der Waals surface area contributed by atoms with Crippen molar-refractivity contribution in [3.63, 3.8) is 0 Å². The van der Waals surface area contributed by atoms with E-state index in [1.807, 2.05) is 19.9 Å². The zero-order valence-corrected chi connectivity index (χ0v) is 14.8. The van der Waals surface area contributed by atoms with Crippen molar-refractivity contribution < 1.29 is 15.0 Å². The topological polar surface area (TPSA) is 85.2 Å². The fourth-order valence-corrected chi connectivity index (χ4v) is 2.51. The first-order valence-corrected chi connectivity index (χ1v) is 8.24. The summed E-state index contributed by atoms with van der Waals surface area (Å²) >= 11 is 5.81. The van der Waals surface area contributed by atoms with Crippen LogP contribution in [-0.2, 0) is 0 Å². The molecule has 0 bridgehead atoms. The van der Waals surface area contributed by atoms with Gasteiger partial charge in [0, 0.05) is 35.4 Å². The van der Waals surface area contributed by atoms with Crippen molar-refractivity contribution in [1.29, 1.82) is 0 Å². The van der Waals surface area contributed by atoms with Gasteiger partial charge >= 0.3 is 0 Å². The summed E-state index contributed by atoms with van der Waals surface area (Å²) in [6, 6.07) is 9.40. The average molecular weight is 362 g/mol. The van der Waals surface area contributed by atoms with Gasteiger partial charge in [-0.15, -0.1) is 0 Å². The Balaban J connectivity index is 2.09. The number of hydrogen-bond acceptors (Lipinski definition) is 5. The lowest BCUT2D eigenvalue weighted by atomic mass is 10.2. The van der Waals surface area contributed by atoms with Crippen molar-refractivity contribution in [3.05, 3.63) is 52.5 Å². The van der Waals surface area contributed by atoms with Gasteiger partial charge in [-0.2, -0.15) is 5.10 Å². The summed E-state index contributed by atoms with van der Waals surface area (Å²) in [5, 5.41) is 23.9. The highest BCUT2D eigenvalue weighted by atomic mass is 35.5. The smallest absolute Gasteiger partial charge is 0.275 e. The fraction of sp³-hybridized carbons (Fsp3) is 0.222. The molecule has 0 heterocycles. The largest absolute Gasteiger partial charge is 0.507 e. The molecule has 0 aromatic heterocycles. The summed E-state index contributed by atoms with van der Waals surface area (Å²) in [7, 11) is 0. The van der Waals surface area contributed by atoms with Crippen LogP contribution in [0.15, 0.2) is 41.5 Å². The van der Waals surface area contributed by atoms with Crippen molar-refractivity contribution >= 4 is 29.4 Å². The van der Waals surface area contributed by atoms with Gasteiger partial charge in [-0.25, -0.2) is 5.43 Å². The molecular formula is C18H20ClN3O3. The Hall–Kier alpha value is -2.73. The van der Waals surface area contributed by atoms with E-state index in [0.29, 0.717) is 10.6 Å². The number of nitrogens with zero attached hydrogens (tertiary/aromatic N) is 2. The van der Waals surface area contributed by atoms with Gasteiger partial charge in [0.05, 0.1) is 11.8 Å². The van der Waals surface area contributed by atoms with Crippen LogP contribution in [0.4, 0.5) is 5.69 Å². The molecule has 2 aromatic carbocycles. The zero-order valence-electron chi connectivity index (χ0n) is 14.0. The summed E-state index contributed by atoms with van der Waals surface area (Å²) in [5.74, 6) is -0.730. The van der Waals surface area contributed by atoms with E-state index in [1.54, 1.807) is 12.1 Å². The molecule has 2 rings (SSSR count). The highest BCUT2D eigenvalue weighted by Gasteiger charge is 2.11. The lowest BCUT2D eigenvalue weighted by Gasteiger charge is -2.21. The van der Waals surface area contributed by atoms with Crippen LogP contribution in [0, 0.1) is 0 Å². The van der Waals surface area contributed by atoms with Gasteiger partial charge < -0.3 is 15.1 Å². The van der Waals surface area contributed by atoms with Gasteiger partial charge in [-0.1, -0.05) is 11.6 Å². The van der Waals surface area contributed by atoms with E-state index in [9.17, 15) is 15.0 Å². The molecular weight excluding hydrogens is 342 g/mol. The number of halogens is 1. The van der Waals surface area contributed by atoms with Crippen molar-refractivity contribution in [2.24, 2.45) is 5.10 Å². The average Bonchev–Trinajstić information content (AvgIpc) is 2.59. The number of benzene rings is 2.